The third kappa shape index (κ3) is 3.09. The van der Waals surface area contributed by atoms with Crippen molar-refractivity contribution in [3.05, 3.63) is 35.4 Å². The first kappa shape index (κ1) is 13.5. The minimum atomic E-state index is -0.779. The molecular formula is C13H15F2NOS. The van der Waals surface area contributed by atoms with Crippen LogP contribution >= 0.6 is 11.8 Å². The predicted octanol–water partition coefficient (Wildman–Crippen LogP) is 2.58. The first-order valence-corrected chi connectivity index (χ1v) is 7.03. The van der Waals surface area contributed by atoms with Crippen LogP contribution in [0.4, 0.5) is 8.78 Å². The summed E-state index contributed by atoms with van der Waals surface area (Å²) in [6, 6.07) is 3.40. The summed E-state index contributed by atoms with van der Waals surface area (Å²) in [6.07, 6.45) is 0. The number of hydrogen-bond acceptors (Lipinski definition) is 3. The van der Waals surface area contributed by atoms with E-state index in [1.165, 1.54) is 6.07 Å². The molecule has 1 heterocycles. The third-order valence-electron chi connectivity index (χ3n) is 3.08. The lowest BCUT2D eigenvalue weighted by Crippen LogP contribution is -2.43. The van der Waals surface area contributed by atoms with E-state index in [0.717, 1.165) is 30.2 Å². The molecule has 1 aromatic carbocycles. The van der Waals surface area contributed by atoms with Crippen LogP contribution in [0.1, 0.15) is 17.3 Å². The molecule has 18 heavy (non-hydrogen) atoms. The Bertz CT molecular complexity index is 453. The summed E-state index contributed by atoms with van der Waals surface area (Å²) in [6.45, 7) is 3.09. The Morgan fingerprint density at radius 1 is 1.50 bits per heavy atom. The van der Waals surface area contributed by atoms with Crippen LogP contribution in [0, 0.1) is 11.6 Å². The second kappa shape index (κ2) is 5.80. The van der Waals surface area contributed by atoms with E-state index in [2.05, 4.69) is 6.92 Å². The topological polar surface area (TPSA) is 20.3 Å². The molecule has 0 spiro atoms. The van der Waals surface area contributed by atoms with Gasteiger partial charge in [-0.05, 0) is 19.1 Å². The van der Waals surface area contributed by atoms with Gasteiger partial charge in [-0.2, -0.15) is 11.8 Å². The van der Waals surface area contributed by atoms with Gasteiger partial charge in [-0.15, -0.1) is 0 Å². The predicted molar refractivity (Wildman–Crippen MR) is 69.0 cm³/mol. The van der Waals surface area contributed by atoms with E-state index in [4.69, 9.17) is 0 Å². The Morgan fingerprint density at radius 3 is 2.94 bits per heavy atom. The minimum absolute atomic E-state index is 0.0261. The van der Waals surface area contributed by atoms with E-state index in [1.807, 2.05) is 16.7 Å². The van der Waals surface area contributed by atoms with Gasteiger partial charge < -0.3 is 0 Å². The van der Waals surface area contributed by atoms with Gasteiger partial charge in [-0.25, -0.2) is 8.78 Å². The number of hydrogen-bond donors (Lipinski definition) is 0. The van der Waals surface area contributed by atoms with Crippen molar-refractivity contribution in [1.82, 2.24) is 4.90 Å². The van der Waals surface area contributed by atoms with Crippen molar-refractivity contribution in [3.8, 4) is 0 Å². The zero-order valence-corrected chi connectivity index (χ0v) is 11.0. The van der Waals surface area contributed by atoms with Crippen molar-refractivity contribution in [3.63, 3.8) is 0 Å². The lowest BCUT2D eigenvalue weighted by Gasteiger charge is -2.32. The average molecular weight is 271 g/mol. The van der Waals surface area contributed by atoms with Crippen molar-refractivity contribution >= 4 is 17.5 Å². The molecular weight excluding hydrogens is 256 g/mol. The van der Waals surface area contributed by atoms with Gasteiger partial charge in [-0.1, -0.05) is 0 Å². The molecule has 0 aliphatic carbocycles. The lowest BCUT2D eigenvalue weighted by atomic mass is 10.1. The maximum Gasteiger partial charge on any atom is 0.179 e. The molecule has 0 bridgehead atoms. The fourth-order valence-corrected chi connectivity index (χ4v) is 3.06. The van der Waals surface area contributed by atoms with Crippen molar-refractivity contribution in [2.24, 2.45) is 0 Å². The second-order valence-electron chi connectivity index (χ2n) is 4.44. The maximum atomic E-state index is 13.5. The van der Waals surface area contributed by atoms with E-state index in [0.29, 0.717) is 6.04 Å². The number of ketones is 1. The van der Waals surface area contributed by atoms with E-state index < -0.39 is 11.6 Å². The van der Waals surface area contributed by atoms with Crippen LogP contribution in [0.25, 0.3) is 0 Å². The number of Topliss-reactive ketones (excluding diaryl/α,β-unsaturated/α-hetero) is 1. The number of benzene rings is 1. The molecule has 0 saturated carbocycles. The van der Waals surface area contributed by atoms with Crippen LogP contribution in [-0.4, -0.2) is 41.3 Å². The average Bonchev–Trinajstić information content (AvgIpc) is 2.32. The fourth-order valence-electron chi connectivity index (χ4n) is 1.98. The van der Waals surface area contributed by atoms with Gasteiger partial charge in [-0.3, -0.25) is 9.69 Å². The van der Waals surface area contributed by atoms with Gasteiger partial charge in [0.05, 0.1) is 12.1 Å². The van der Waals surface area contributed by atoms with Gasteiger partial charge in [0.15, 0.2) is 5.78 Å². The van der Waals surface area contributed by atoms with Crippen molar-refractivity contribution in [2.75, 3.05) is 24.6 Å². The summed E-state index contributed by atoms with van der Waals surface area (Å²) in [5.41, 5.74) is -0.0261. The molecule has 0 amide bonds. The van der Waals surface area contributed by atoms with Crippen LogP contribution in [-0.2, 0) is 0 Å². The Balaban J connectivity index is 2.07. The molecule has 2 nitrogen and oxygen atoms in total. The Hall–Kier alpha value is -0.940. The highest BCUT2D eigenvalue weighted by Gasteiger charge is 2.22. The molecule has 0 radical (unpaired) electrons. The number of halogens is 2. The molecule has 98 valence electrons. The molecule has 2 rings (SSSR count). The van der Waals surface area contributed by atoms with Crippen LogP contribution in [0.5, 0.6) is 0 Å². The highest BCUT2D eigenvalue weighted by atomic mass is 32.2. The highest BCUT2D eigenvalue weighted by molar-refractivity contribution is 7.99. The minimum Gasteiger partial charge on any atom is -0.293 e. The number of nitrogens with zero attached hydrogens (tertiary/aromatic N) is 1. The fraction of sp³-hybridized carbons (Fsp3) is 0.462. The molecule has 1 saturated heterocycles. The zero-order chi connectivity index (χ0) is 13.1. The summed E-state index contributed by atoms with van der Waals surface area (Å²) in [7, 11) is 0. The van der Waals surface area contributed by atoms with Gasteiger partial charge >= 0.3 is 0 Å². The standard InChI is InChI=1S/C13H15F2NOS/c1-9-8-18-5-4-16(9)7-13(17)11-3-2-10(14)6-12(11)15/h2-3,6,9H,4-5,7-8H2,1H3. The van der Waals surface area contributed by atoms with Gasteiger partial charge in [0.2, 0.25) is 0 Å². The van der Waals surface area contributed by atoms with Crippen LogP contribution in [0.3, 0.4) is 0 Å². The molecule has 1 aliphatic rings. The molecule has 5 heteroatoms. The van der Waals surface area contributed by atoms with Crippen LogP contribution in [0.2, 0.25) is 0 Å². The normalized spacial score (nSPS) is 20.9. The van der Waals surface area contributed by atoms with Gasteiger partial charge in [0.25, 0.3) is 0 Å². The monoisotopic (exact) mass is 271 g/mol. The molecule has 1 atom stereocenters. The molecule has 1 fully saturated rings. The summed E-state index contributed by atoms with van der Waals surface area (Å²) in [5.74, 6) is 0.250. The van der Waals surface area contributed by atoms with Crippen molar-refractivity contribution in [1.29, 1.82) is 0 Å². The molecule has 0 N–H and O–H groups in total. The van der Waals surface area contributed by atoms with E-state index in [-0.39, 0.29) is 17.9 Å². The number of carbonyl (C=O) groups excluding carboxylic acids is 1. The van der Waals surface area contributed by atoms with Crippen molar-refractivity contribution in [2.45, 2.75) is 13.0 Å². The highest BCUT2D eigenvalue weighted by Crippen LogP contribution is 2.17. The summed E-state index contributed by atoms with van der Waals surface area (Å²) in [5, 5.41) is 0. The quantitative estimate of drug-likeness (QED) is 0.788. The summed E-state index contributed by atoms with van der Waals surface area (Å²) >= 11 is 1.86. The molecule has 1 aliphatic heterocycles. The van der Waals surface area contributed by atoms with Crippen molar-refractivity contribution < 1.29 is 13.6 Å². The Labute approximate surface area is 109 Å². The van der Waals surface area contributed by atoms with Gasteiger partial charge in [0, 0.05) is 30.2 Å². The molecule has 1 unspecified atom stereocenters. The van der Waals surface area contributed by atoms with E-state index in [1.54, 1.807) is 0 Å². The van der Waals surface area contributed by atoms with Crippen LogP contribution in [0.15, 0.2) is 18.2 Å². The van der Waals surface area contributed by atoms with Gasteiger partial charge in [0.1, 0.15) is 11.6 Å². The SMILES string of the molecule is CC1CSCCN1CC(=O)c1ccc(F)cc1F. The molecule has 0 aromatic heterocycles. The first-order valence-electron chi connectivity index (χ1n) is 5.88. The maximum absolute atomic E-state index is 13.5. The summed E-state index contributed by atoms with van der Waals surface area (Å²) < 4.78 is 26.2. The Kier molecular flexibility index (Phi) is 4.35. The lowest BCUT2D eigenvalue weighted by molar-refractivity contribution is 0.0907. The summed E-state index contributed by atoms with van der Waals surface area (Å²) in [4.78, 5) is 14.0. The van der Waals surface area contributed by atoms with Crippen LogP contribution < -0.4 is 0 Å². The Morgan fingerprint density at radius 2 is 2.28 bits per heavy atom. The van der Waals surface area contributed by atoms with E-state index >= 15 is 0 Å². The number of thioether (sulfide) groups is 1. The molecule has 1 aromatic rings. The van der Waals surface area contributed by atoms with E-state index in [9.17, 15) is 13.6 Å². The number of rotatable bonds is 3. The zero-order valence-electron chi connectivity index (χ0n) is 10.2. The second-order valence-corrected chi connectivity index (χ2v) is 5.59. The largest absolute Gasteiger partial charge is 0.293 e. The number of carbonyl (C=O) groups is 1. The smallest absolute Gasteiger partial charge is 0.179 e. The first-order chi connectivity index (χ1) is 8.58. The third-order valence-corrected chi connectivity index (χ3v) is 4.27.